The average Bonchev–Trinajstić information content (AvgIpc) is 3.40. The maximum atomic E-state index is 12.6. The molecule has 6 nitrogen and oxygen atoms in total. The van der Waals surface area contributed by atoms with Crippen molar-refractivity contribution in [2.24, 2.45) is 0 Å². The molecule has 1 N–H and O–H groups in total. The van der Waals surface area contributed by atoms with Crippen molar-refractivity contribution in [1.82, 2.24) is 10.2 Å². The summed E-state index contributed by atoms with van der Waals surface area (Å²) >= 11 is 0. The molecule has 1 unspecified atom stereocenters. The highest BCUT2D eigenvalue weighted by atomic mass is 16.5. The predicted octanol–water partition coefficient (Wildman–Crippen LogP) is 6.30. The van der Waals surface area contributed by atoms with Crippen LogP contribution in [0.1, 0.15) is 71.1 Å². The predicted molar refractivity (Wildman–Crippen MR) is 156 cm³/mol. The van der Waals surface area contributed by atoms with Gasteiger partial charge in [0.1, 0.15) is 0 Å². The number of allylic oxidation sites excluding steroid dienone is 12. The van der Waals surface area contributed by atoms with Crippen LogP contribution >= 0.6 is 0 Å². The van der Waals surface area contributed by atoms with E-state index in [-0.39, 0.29) is 17.9 Å². The highest BCUT2D eigenvalue weighted by Crippen LogP contribution is 2.18. The molecule has 2 amide bonds. The molecule has 1 rings (SSSR count). The smallest absolute Gasteiger partial charge is 0.330 e. The lowest BCUT2D eigenvalue weighted by Crippen LogP contribution is -2.42. The molecular formula is C32H46N2O4. The summed E-state index contributed by atoms with van der Waals surface area (Å²) in [4.78, 5) is 37.4. The lowest BCUT2D eigenvalue weighted by atomic mass is 10.2. The molecule has 1 fully saturated rings. The molecule has 0 aromatic carbocycles. The third-order valence-corrected chi connectivity index (χ3v) is 5.90. The third kappa shape index (κ3) is 17.1. The summed E-state index contributed by atoms with van der Waals surface area (Å²) in [6, 6.07) is 0.00301. The van der Waals surface area contributed by atoms with Crippen LogP contribution in [-0.2, 0) is 19.1 Å². The highest BCUT2D eigenvalue weighted by molar-refractivity contribution is 5.94. The Bertz CT molecular complexity index is 893. The standard InChI is InChI=1S/C32H46N2O4/c1-3-4-5-6-7-8-9-10-11-12-13-14-15-16-17-18-19-20-21-24-31(36)34-27-22-23-29(34)28-33-30(35)25-26-32(37)38-2/h4-5,7-8,10-11,13-14,16-17,19-20,25-26,29H,3,6,9,12,15,18,21-24,27-28H2,1-2H3,(H,33,35). The number of esters is 1. The van der Waals surface area contributed by atoms with E-state index < -0.39 is 5.97 Å². The Balaban J connectivity index is 2.14. The number of nitrogens with zero attached hydrogens (tertiary/aromatic N) is 1. The number of methoxy groups -OCH3 is 1. The van der Waals surface area contributed by atoms with Crippen molar-refractivity contribution in [3.63, 3.8) is 0 Å². The van der Waals surface area contributed by atoms with Gasteiger partial charge < -0.3 is 15.0 Å². The number of carbonyl (C=O) groups excluding carboxylic acids is 3. The Hall–Kier alpha value is -3.41. The first-order chi connectivity index (χ1) is 18.6. The summed E-state index contributed by atoms with van der Waals surface area (Å²) in [6.45, 7) is 3.25. The molecule has 6 heteroatoms. The summed E-state index contributed by atoms with van der Waals surface area (Å²) in [7, 11) is 1.26. The van der Waals surface area contributed by atoms with Crippen LogP contribution in [0.5, 0.6) is 0 Å². The molecule has 38 heavy (non-hydrogen) atoms. The van der Waals surface area contributed by atoms with E-state index in [1.54, 1.807) is 0 Å². The molecule has 0 radical (unpaired) electrons. The summed E-state index contributed by atoms with van der Waals surface area (Å²) in [5.41, 5.74) is 0. The van der Waals surface area contributed by atoms with Crippen molar-refractivity contribution in [3.8, 4) is 0 Å². The zero-order valence-corrected chi connectivity index (χ0v) is 23.2. The molecule has 208 valence electrons. The van der Waals surface area contributed by atoms with Crippen LogP contribution in [0.15, 0.2) is 85.1 Å². The Morgan fingerprint density at radius 1 is 0.789 bits per heavy atom. The van der Waals surface area contributed by atoms with E-state index in [4.69, 9.17) is 0 Å². The number of ether oxygens (including phenoxy) is 1. The third-order valence-electron chi connectivity index (χ3n) is 5.90. The van der Waals surface area contributed by atoms with Gasteiger partial charge in [0.2, 0.25) is 11.8 Å². The quantitative estimate of drug-likeness (QED) is 0.130. The van der Waals surface area contributed by atoms with Gasteiger partial charge in [0.25, 0.3) is 0 Å². The lowest BCUT2D eigenvalue weighted by molar-refractivity contribution is -0.135. The number of nitrogens with one attached hydrogen (secondary N) is 1. The number of likely N-dealkylation sites (tertiary alicyclic amines) is 1. The molecular weight excluding hydrogens is 476 g/mol. The van der Waals surface area contributed by atoms with E-state index in [0.717, 1.165) is 70.1 Å². The summed E-state index contributed by atoms with van der Waals surface area (Å²) < 4.78 is 4.47. The molecule has 1 heterocycles. The van der Waals surface area contributed by atoms with Crippen LogP contribution in [0.2, 0.25) is 0 Å². The van der Waals surface area contributed by atoms with Crippen LogP contribution < -0.4 is 5.32 Å². The Kier molecular flexibility index (Phi) is 19.5. The number of amides is 2. The number of rotatable bonds is 18. The van der Waals surface area contributed by atoms with Gasteiger partial charge in [0.05, 0.1) is 7.11 Å². The van der Waals surface area contributed by atoms with E-state index in [0.29, 0.717) is 19.4 Å². The molecule has 0 saturated carbocycles. The SMILES string of the molecule is CCC=CCC=CCC=CCC=CCC=CCC=CCCC(=O)N1CCCC1CNC(=O)C=CC(=O)OC. The molecule has 0 aliphatic carbocycles. The minimum absolute atomic E-state index is 0.00301. The fourth-order valence-electron chi connectivity index (χ4n) is 3.86. The molecule has 1 saturated heterocycles. The first-order valence-electron chi connectivity index (χ1n) is 13.8. The summed E-state index contributed by atoms with van der Waals surface area (Å²) in [5, 5.41) is 2.76. The average molecular weight is 523 g/mol. The van der Waals surface area contributed by atoms with Crippen LogP contribution in [-0.4, -0.2) is 48.9 Å². The molecule has 1 aliphatic heterocycles. The first-order valence-corrected chi connectivity index (χ1v) is 13.8. The zero-order valence-electron chi connectivity index (χ0n) is 23.2. The van der Waals surface area contributed by atoms with Crippen molar-refractivity contribution in [1.29, 1.82) is 0 Å². The largest absolute Gasteiger partial charge is 0.466 e. The Labute approximate surface area is 229 Å². The van der Waals surface area contributed by atoms with Gasteiger partial charge in [-0.3, -0.25) is 9.59 Å². The van der Waals surface area contributed by atoms with Gasteiger partial charge in [-0.15, -0.1) is 0 Å². The molecule has 0 bridgehead atoms. The van der Waals surface area contributed by atoms with Gasteiger partial charge in [0.15, 0.2) is 0 Å². The van der Waals surface area contributed by atoms with Gasteiger partial charge in [-0.1, -0.05) is 79.8 Å². The lowest BCUT2D eigenvalue weighted by Gasteiger charge is -2.24. The normalized spacial score (nSPS) is 16.6. The van der Waals surface area contributed by atoms with E-state index >= 15 is 0 Å². The Morgan fingerprint density at radius 3 is 1.84 bits per heavy atom. The molecule has 1 atom stereocenters. The molecule has 0 aromatic rings. The summed E-state index contributed by atoms with van der Waals surface area (Å²) in [6.07, 6.45) is 37.1. The van der Waals surface area contributed by atoms with E-state index in [1.807, 2.05) is 4.90 Å². The van der Waals surface area contributed by atoms with Crippen LogP contribution in [0.4, 0.5) is 0 Å². The number of hydrogen-bond acceptors (Lipinski definition) is 4. The zero-order chi connectivity index (χ0) is 27.7. The second kappa shape index (κ2) is 22.8. The van der Waals surface area contributed by atoms with Gasteiger partial charge in [-0.25, -0.2) is 4.79 Å². The van der Waals surface area contributed by atoms with Gasteiger partial charge in [-0.05, 0) is 57.8 Å². The molecule has 1 aliphatic rings. The fraction of sp³-hybridized carbons (Fsp3) is 0.469. The first kappa shape index (κ1) is 32.6. The highest BCUT2D eigenvalue weighted by Gasteiger charge is 2.28. The maximum absolute atomic E-state index is 12.6. The van der Waals surface area contributed by atoms with Gasteiger partial charge in [0, 0.05) is 37.7 Å². The van der Waals surface area contributed by atoms with Crippen molar-refractivity contribution in [2.75, 3.05) is 20.2 Å². The fourth-order valence-corrected chi connectivity index (χ4v) is 3.86. The minimum atomic E-state index is -0.577. The van der Waals surface area contributed by atoms with Crippen LogP contribution in [0.25, 0.3) is 0 Å². The summed E-state index contributed by atoms with van der Waals surface area (Å²) in [5.74, 6) is -0.828. The van der Waals surface area contributed by atoms with Crippen LogP contribution in [0, 0.1) is 0 Å². The van der Waals surface area contributed by atoms with E-state index in [1.165, 1.54) is 7.11 Å². The van der Waals surface area contributed by atoms with Gasteiger partial charge in [-0.2, -0.15) is 0 Å². The second-order valence-corrected chi connectivity index (χ2v) is 8.94. The van der Waals surface area contributed by atoms with Crippen molar-refractivity contribution in [2.45, 2.75) is 77.2 Å². The van der Waals surface area contributed by atoms with Crippen molar-refractivity contribution in [3.05, 3.63) is 85.1 Å². The van der Waals surface area contributed by atoms with Crippen molar-refractivity contribution >= 4 is 17.8 Å². The number of carbonyl (C=O) groups is 3. The second-order valence-electron chi connectivity index (χ2n) is 8.94. The van der Waals surface area contributed by atoms with E-state index in [2.05, 4.69) is 89.9 Å². The maximum Gasteiger partial charge on any atom is 0.330 e. The van der Waals surface area contributed by atoms with Gasteiger partial charge >= 0.3 is 5.97 Å². The molecule has 0 spiro atoms. The number of hydrogen-bond donors (Lipinski definition) is 1. The topological polar surface area (TPSA) is 75.7 Å². The Morgan fingerprint density at radius 2 is 1.32 bits per heavy atom. The minimum Gasteiger partial charge on any atom is -0.466 e. The monoisotopic (exact) mass is 522 g/mol. The van der Waals surface area contributed by atoms with Crippen molar-refractivity contribution < 1.29 is 19.1 Å². The van der Waals surface area contributed by atoms with Crippen LogP contribution in [0.3, 0.4) is 0 Å². The van der Waals surface area contributed by atoms with E-state index in [9.17, 15) is 14.4 Å². The molecule has 0 aromatic heterocycles.